The molecule has 7 nitrogen and oxygen atoms in total. The highest BCUT2D eigenvalue weighted by atomic mass is 32.1. The summed E-state index contributed by atoms with van der Waals surface area (Å²) in [6.45, 7) is 4.29. The largest absolute Gasteiger partial charge is 0.507 e. The number of ketones is 1. The molecule has 5 aromatic rings. The second-order valence-electron chi connectivity index (χ2n) is 9.59. The summed E-state index contributed by atoms with van der Waals surface area (Å²) in [4.78, 5) is 33.4. The van der Waals surface area contributed by atoms with Crippen LogP contribution >= 0.6 is 11.3 Å². The van der Waals surface area contributed by atoms with Gasteiger partial charge in [0.1, 0.15) is 23.0 Å². The number of Topliss-reactive ketones (excluding diaryl/α,β-unsaturated/α-hetero) is 1. The molecule has 1 fully saturated rings. The fourth-order valence-electron chi connectivity index (χ4n) is 4.90. The van der Waals surface area contributed by atoms with Gasteiger partial charge in [0.15, 0.2) is 5.13 Å². The number of anilines is 1. The van der Waals surface area contributed by atoms with Crippen LogP contribution in [0.4, 0.5) is 5.13 Å². The van der Waals surface area contributed by atoms with Crippen molar-refractivity contribution < 1.29 is 24.2 Å². The van der Waals surface area contributed by atoms with E-state index in [4.69, 9.17) is 14.5 Å². The zero-order valence-electron chi connectivity index (χ0n) is 22.4. The molecule has 0 aliphatic carbocycles. The molecule has 0 saturated carbocycles. The molecule has 41 heavy (non-hydrogen) atoms. The van der Waals surface area contributed by atoms with Crippen LogP contribution in [0.15, 0.2) is 103 Å². The van der Waals surface area contributed by atoms with Crippen molar-refractivity contribution in [2.24, 2.45) is 0 Å². The Hall–Kier alpha value is -4.95. The van der Waals surface area contributed by atoms with E-state index < -0.39 is 17.7 Å². The maximum atomic E-state index is 13.7. The lowest BCUT2D eigenvalue weighted by molar-refractivity contribution is -0.132. The fourth-order valence-corrected chi connectivity index (χ4v) is 5.99. The Kier molecular flexibility index (Phi) is 6.99. The molecule has 1 aromatic heterocycles. The third-order valence-electron chi connectivity index (χ3n) is 6.75. The number of rotatable bonds is 7. The van der Waals surface area contributed by atoms with Gasteiger partial charge in [0.25, 0.3) is 5.78 Å². The van der Waals surface area contributed by atoms with Gasteiger partial charge >= 0.3 is 5.91 Å². The summed E-state index contributed by atoms with van der Waals surface area (Å²) in [5.74, 6) is -0.127. The van der Waals surface area contributed by atoms with Crippen LogP contribution in [-0.2, 0) is 9.59 Å². The summed E-state index contributed by atoms with van der Waals surface area (Å²) in [6, 6.07) is 28.2. The molecule has 0 radical (unpaired) electrons. The number of aliphatic hydroxyl groups is 1. The lowest BCUT2D eigenvalue weighted by Gasteiger charge is -2.23. The van der Waals surface area contributed by atoms with Gasteiger partial charge in [-0.3, -0.25) is 14.5 Å². The third-order valence-corrected chi connectivity index (χ3v) is 7.77. The number of para-hydroxylation sites is 1. The number of hydrogen-bond donors (Lipinski definition) is 1. The number of aryl methyl sites for hydroxylation is 1. The highest BCUT2D eigenvalue weighted by molar-refractivity contribution is 7.22. The summed E-state index contributed by atoms with van der Waals surface area (Å²) >= 11 is 1.32. The topological polar surface area (TPSA) is 89.0 Å². The number of hydrogen-bond acceptors (Lipinski definition) is 7. The molecule has 8 heteroatoms. The molecule has 1 unspecified atom stereocenters. The van der Waals surface area contributed by atoms with E-state index in [-0.39, 0.29) is 11.3 Å². The zero-order chi connectivity index (χ0) is 28.5. The molecule has 4 aromatic carbocycles. The number of carbonyl (C=O) groups excluding carboxylic acids is 2. The lowest BCUT2D eigenvalue weighted by atomic mass is 9.95. The molecule has 2 heterocycles. The Balaban J connectivity index is 1.52. The van der Waals surface area contributed by atoms with Crippen LogP contribution in [0, 0.1) is 6.92 Å². The predicted molar refractivity (Wildman–Crippen MR) is 160 cm³/mol. The molecule has 1 N–H and O–H groups in total. The second-order valence-corrected chi connectivity index (χ2v) is 10.6. The van der Waals surface area contributed by atoms with E-state index in [1.807, 2.05) is 68.4 Å². The van der Waals surface area contributed by atoms with Crippen molar-refractivity contribution in [2.45, 2.75) is 19.9 Å². The molecule has 1 aliphatic heterocycles. The van der Waals surface area contributed by atoms with Gasteiger partial charge in [0.05, 0.1) is 28.4 Å². The summed E-state index contributed by atoms with van der Waals surface area (Å²) in [6.07, 6.45) is 0. The van der Waals surface area contributed by atoms with Crippen molar-refractivity contribution in [3.63, 3.8) is 0 Å². The van der Waals surface area contributed by atoms with Crippen LogP contribution in [0.25, 0.3) is 16.0 Å². The SMILES string of the molecule is CCOc1cccc(C(O)=C2C(=O)C(=O)N(c3nc4ccc(C)cc4s3)C2c2cccc(Oc3ccccc3)c2)c1. The Morgan fingerprint density at radius 1 is 0.902 bits per heavy atom. The van der Waals surface area contributed by atoms with Crippen LogP contribution in [0.2, 0.25) is 0 Å². The van der Waals surface area contributed by atoms with Gasteiger partial charge in [0.2, 0.25) is 0 Å². The maximum absolute atomic E-state index is 13.7. The Morgan fingerprint density at radius 3 is 2.46 bits per heavy atom. The Bertz CT molecular complexity index is 1810. The van der Waals surface area contributed by atoms with Gasteiger partial charge in [-0.25, -0.2) is 4.98 Å². The number of ether oxygens (including phenoxy) is 2. The molecular formula is C33H26N2O5S. The van der Waals surface area contributed by atoms with Gasteiger partial charge in [0, 0.05) is 5.56 Å². The molecule has 204 valence electrons. The number of nitrogens with zero attached hydrogens (tertiary/aromatic N) is 2. The zero-order valence-corrected chi connectivity index (χ0v) is 23.2. The van der Waals surface area contributed by atoms with Crippen LogP contribution in [0.1, 0.15) is 29.7 Å². The van der Waals surface area contributed by atoms with Gasteiger partial charge in [-0.2, -0.15) is 0 Å². The first-order valence-corrected chi connectivity index (χ1v) is 14.0. The van der Waals surface area contributed by atoms with E-state index in [0.29, 0.717) is 40.1 Å². The van der Waals surface area contributed by atoms with Crippen molar-refractivity contribution in [1.29, 1.82) is 0 Å². The number of aliphatic hydroxyl groups excluding tert-OH is 1. The molecular weight excluding hydrogens is 536 g/mol. The number of benzene rings is 4. The minimum Gasteiger partial charge on any atom is -0.507 e. The highest BCUT2D eigenvalue weighted by Gasteiger charge is 2.48. The van der Waals surface area contributed by atoms with E-state index in [0.717, 1.165) is 15.8 Å². The maximum Gasteiger partial charge on any atom is 0.301 e. The van der Waals surface area contributed by atoms with Crippen molar-refractivity contribution >= 4 is 44.1 Å². The highest BCUT2D eigenvalue weighted by Crippen LogP contribution is 2.45. The van der Waals surface area contributed by atoms with Gasteiger partial charge < -0.3 is 14.6 Å². The Labute approximate surface area is 240 Å². The summed E-state index contributed by atoms with van der Waals surface area (Å²) < 4.78 is 12.6. The van der Waals surface area contributed by atoms with E-state index in [9.17, 15) is 14.7 Å². The van der Waals surface area contributed by atoms with E-state index in [1.165, 1.54) is 16.2 Å². The first kappa shape index (κ1) is 26.3. The van der Waals surface area contributed by atoms with Crippen LogP contribution in [0.3, 0.4) is 0 Å². The quantitative estimate of drug-likeness (QED) is 0.126. The molecule has 1 aliphatic rings. The minimum atomic E-state index is -0.938. The fraction of sp³-hybridized carbons (Fsp3) is 0.121. The van der Waals surface area contributed by atoms with Crippen molar-refractivity contribution in [1.82, 2.24) is 4.98 Å². The summed E-state index contributed by atoms with van der Waals surface area (Å²) in [5.41, 5.74) is 2.72. The van der Waals surface area contributed by atoms with E-state index >= 15 is 0 Å². The average molecular weight is 563 g/mol. The standard InChI is InChI=1S/C33H26N2O5S/c1-3-39-24-13-8-10-22(19-24)30(36)28-29(21-9-7-14-25(18-21)40-23-11-5-4-6-12-23)35(32(38)31(28)37)33-34-26-16-15-20(2)17-27(26)41-33/h4-19,29,36H,3H2,1-2H3. The number of carbonyl (C=O) groups is 2. The van der Waals surface area contributed by atoms with Gasteiger partial charge in [-0.15, -0.1) is 0 Å². The number of fused-ring (bicyclic) bond motifs is 1. The number of aromatic nitrogens is 1. The molecule has 6 rings (SSSR count). The van der Waals surface area contributed by atoms with Crippen molar-refractivity contribution in [3.8, 4) is 17.2 Å². The molecule has 1 amide bonds. The molecule has 0 bridgehead atoms. The van der Waals surface area contributed by atoms with Gasteiger partial charge in [-0.1, -0.05) is 59.9 Å². The molecule has 0 spiro atoms. The van der Waals surface area contributed by atoms with Crippen molar-refractivity contribution in [3.05, 3.63) is 119 Å². The molecule has 1 atom stereocenters. The summed E-state index contributed by atoms with van der Waals surface area (Å²) in [7, 11) is 0. The predicted octanol–water partition coefficient (Wildman–Crippen LogP) is 7.42. The minimum absolute atomic E-state index is 0.0315. The van der Waals surface area contributed by atoms with Crippen LogP contribution in [0.5, 0.6) is 17.2 Å². The summed E-state index contributed by atoms with van der Waals surface area (Å²) in [5, 5.41) is 11.9. The number of thiazole rings is 1. The van der Waals surface area contributed by atoms with Crippen LogP contribution in [-0.4, -0.2) is 28.4 Å². The Morgan fingerprint density at radius 2 is 1.66 bits per heavy atom. The smallest absolute Gasteiger partial charge is 0.301 e. The van der Waals surface area contributed by atoms with Gasteiger partial charge in [-0.05, 0) is 73.5 Å². The first-order valence-electron chi connectivity index (χ1n) is 13.2. The van der Waals surface area contributed by atoms with E-state index in [2.05, 4.69) is 0 Å². The lowest BCUT2D eigenvalue weighted by Crippen LogP contribution is -2.29. The average Bonchev–Trinajstić information content (AvgIpc) is 3.51. The monoisotopic (exact) mass is 562 g/mol. The third kappa shape index (κ3) is 5.05. The van der Waals surface area contributed by atoms with E-state index in [1.54, 1.807) is 42.5 Å². The van der Waals surface area contributed by atoms with Crippen LogP contribution < -0.4 is 14.4 Å². The van der Waals surface area contributed by atoms with Crippen molar-refractivity contribution in [2.75, 3.05) is 11.5 Å². The molecule has 1 saturated heterocycles. The first-order chi connectivity index (χ1) is 19.9. The normalized spacial score (nSPS) is 16.3. The number of amides is 1. The second kappa shape index (κ2) is 10.9.